The molecule has 0 bridgehead atoms. The van der Waals surface area contributed by atoms with E-state index in [2.05, 4.69) is 15.3 Å². The number of nitrogens with two attached hydrogens (primary N) is 1. The molecule has 0 aliphatic rings. The van der Waals surface area contributed by atoms with E-state index in [0.29, 0.717) is 0 Å². The molecule has 0 aromatic carbocycles. The molecule has 62 valence electrons. The van der Waals surface area contributed by atoms with E-state index in [-0.39, 0.29) is 0 Å². The molecule has 0 unspecified atom stereocenters. The number of hydrogen-bond acceptors (Lipinski definition) is 4. The van der Waals surface area contributed by atoms with E-state index in [0.717, 1.165) is 0 Å². The molecule has 0 saturated carbocycles. The molecule has 7 heteroatoms. The summed E-state index contributed by atoms with van der Waals surface area (Å²) in [6, 6.07) is 0. The molecule has 4 N–H and O–H groups in total. The van der Waals surface area contributed by atoms with Crippen molar-refractivity contribution in [2.24, 2.45) is 5.90 Å². The first-order valence-corrected chi connectivity index (χ1v) is 3.44. The Balaban J connectivity index is 5.22. The Morgan fingerprint density at radius 2 is 2.20 bits per heavy atom. The van der Waals surface area contributed by atoms with Gasteiger partial charge in [0, 0.05) is 2.74 Å². The Morgan fingerprint density at radius 3 is 2.60 bits per heavy atom. The van der Waals surface area contributed by atoms with Gasteiger partial charge in [-0.2, -0.15) is 0 Å². The molecule has 0 saturated heterocycles. The molecule has 0 spiro atoms. The number of phosphoric acid groups is 1. The van der Waals surface area contributed by atoms with Gasteiger partial charge in [-0.15, -0.1) is 0 Å². The second-order valence-electron chi connectivity index (χ2n) is 1.03. The molecule has 0 aromatic heterocycles. The average Bonchev–Trinajstić information content (AvgIpc) is 1.99. The summed E-state index contributed by atoms with van der Waals surface area (Å²) in [7, 11) is -5.34. The molecule has 10 heavy (non-hydrogen) atoms. The van der Waals surface area contributed by atoms with E-state index in [1.165, 1.54) is 0 Å². The van der Waals surface area contributed by atoms with Crippen LogP contribution in [0, 0.1) is 0 Å². The van der Waals surface area contributed by atoms with Crippen molar-refractivity contribution < 1.29 is 31.9 Å². The fourth-order valence-electron chi connectivity index (χ4n) is 0.133. The highest BCUT2D eigenvalue weighted by Gasteiger charge is 2.11. The molecule has 0 rings (SSSR count). The van der Waals surface area contributed by atoms with Gasteiger partial charge in [0.2, 0.25) is 0 Å². The summed E-state index contributed by atoms with van der Waals surface area (Å²) in [6.07, 6.45) is -3.55. The number of rotatable bonds is 5. The van der Waals surface area contributed by atoms with Crippen molar-refractivity contribution in [2.45, 2.75) is 6.37 Å². The molecule has 0 radical (unpaired) electrons. The molecule has 0 atom stereocenters. The predicted octanol–water partition coefficient (Wildman–Crippen LogP) is -0.624. The largest absolute Gasteiger partial charge is 0.469 e. The fourth-order valence-corrected chi connectivity index (χ4v) is 0.297. The third-order valence-electron chi connectivity index (χ3n) is 0.326. The van der Waals surface area contributed by atoms with Crippen LogP contribution in [0.5, 0.6) is 0 Å². The van der Waals surface area contributed by atoms with E-state index in [1.807, 2.05) is 0 Å². The smallest absolute Gasteiger partial charge is 0.305 e. The summed E-state index contributed by atoms with van der Waals surface area (Å²) < 4.78 is 55.7. The lowest BCUT2D eigenvalue weighted by molar-refractivity contribution is 0.113. The van der Waals surface area contributed by atoms with Gasteiger partial charge in [0.05, 0.1) is 18.6 Å². The monoisotopic (exact) mass is 177 g/mol. The zero-order valence-electron chi connectivity index (χ0n) is 10.6. The van der Waals surface area contributed by atoms with Crippen LogP contribution in [0.3, 0.4) is 0 Å². The lowest BCUT2D eigenvalue weighted by Gasteiger charge is -2.02. The summed E-state index contributed by atoms with van der Waals surface area (Å²) in [6.45, 7) is -6.99. The molecule has 0 amide bonds. The molecule has 0 aliphatic carbocycles. The first-order chi connectivity index (χ1) is 6.77. The van der Waals surface area contributed by atoms with Gasteiger partial charge in [0.1, 0.15) is 0 Å². The van der Waals surface area contributed by atoms with Crippen LogP contribution in [0.2, 0.25) is 0 Å². The van der Waals surface area contributed by atoms with Crippen LogP contribution in [0.15, 0.2) is 0 Å². The molecule has 0 heterocycles. The molecular formula is C3H10NO5P. The van der Waals surface area contributed by atoms with Crippen molar-refractivity contribution in [1.82, 2.24) is 0 Å². The zero-order chi connectivity index (χ0) is 13.4. The van der Waals surface area contributed by atoms with E-state index < -0.39 is 27.3 Å². The van der Waals surface area contributed by atoms with Gasteiger partial charge in [-0.25, -0.2) is 10.5 Å². The summed E-state index contributed by atoms with van der Waals surface area (Å²) in [4.78, 5) is 20.3. The maximum Gasteiger partial charge on any atom is 0.469 e. The molecule has 0 fully saturated rings. The van der Waals surface area contributed by atoms with E-state index >= 15 is 0 Å². The highest BCUT2D eigenvalue weighted by Crippen LogP contribution is 2.35. The van der Waals surface area contributed by atoms with Crippen molar-refractivity contribution in [1.29, 1.82) is 0 Å². The van der Waals surface area contributed by atoms with Crippen molar-refractivity contribution in [3.8, 4) is 0 Å². The maximum absolute atomic E-state index is 10.4. The highest BCUT2D eigenvalue weighted by molar-refractivity contribution is 7.46. The molecular weight excluding hydrogens is 161 g/mol. The number of phosphoric ester groups is 1. The van der Waals surface area contributed by atoms with Crippen molar-refractivity contribution in [3.05, 3.63) is 0 Å². The van der Waals surface area contributed by atoms with E-state index in [1.54, 1.807) is 0 Å². The van der Waals surface area contributed by atoms with Crippen LogP contribution in [-0.4, -0.2) is 22.9 Å². The minimum Gasteiger partial charge on any atom is -0.305 e. The fraction of sp³-hybridized carbons (Fsp3) is 1.00. The van der Waals surface area contributed by atoms with Crippen molar-refractivity contribution in [2.75, 3.05) is 13.1 Å². The lowest BCUT2D eigenvalue weighted by Crippen LogP contribution is -2.03. The van der Waals surface area contributed by atoms with Gasteiger partial charge in [0.15, 0.2) is 0 Å². The third-order valence-corrected chi connectivity index (χ3v) is 0.655. The minimum atomic E-state index is -5.34. The summed E-state index contributed by atoms with van der Waals surface area (Å²) >= 11 is 0. The summed E-state index contributed by atoms with van der Waals surface area (Å²) in [5, 5.41) is 0. The third kappa shape index (κ3) is 8.03. The highest BCUT2D eigenvalue weighted by atomic mass is 31.2. The molecule has 0 aliphatic heterocycles. The Hall–Kier alpha value is 0.0300. The molecule has 6 nitrogen and oxygen atoms in total. The van der Waals surface area contributed by atoms with Crippen LogP contribution in [-0.2, 0) is 13.9 Å². The first kappa shape index (κ1) is 3.62. The lowest BCUT2D eigenvalue weighted by atomic mass is 10.5. The van der Waals surface area contributed by atoms with Gasteiger partial charge in [-0.05, 0) is 6.37 Å². The minimum absolute atomic E-state index is 3.34. The normalized spacial score (nSPS) is 25.1. The Morgan fingerprint density at radius 1 is 1.60 bits per heavy atom. The summed E-state index contributed by atoms with van der Waals surface area (Å²) in [5.41, 5.74) is 0. The van der Waals surface area contributed by atoms with Crippen LogP contribution < -0.4 is 5.90 Å². The van der Waals surface area contributed by atoms with E-state index in [4.69, 9.17) is 18.0 Å². The Kier molecular flexibility index (Phi) is 1.73. The first-order valence-electron chi connectivity index (χ1n) is 4.91. The maximum atomic E-state index is 10.4. The van der Waals surface area contributed by atoms with Gasteiger partial charge in [-0.1, -0.05) is 0 Å². The quantitative estimate of drug-likeness (QED) is 0.382. The van der Waals surface area contributed by atoms with E-state index in [9.17, 15) is 4.57 Å². The Labute approximate surface area is 66.6 Å². The van der Waals surface area contributed by atoms with Gasteiger partial charge in [0.25, 0.3) is 0 Å². The van der Waals surface area contributed by atoms with Crippen LogP contribution in [0.4, 0.5) is 0 Å². The second kappa shape index (κ2) is 4.79. The number of hydrogen-bond donors (Lipinski definition) is 3. The van der Waals surface area contributed by atoms with Crippen LogP contribution >= 0.6 is 7.82 Å². The van der Waals surface area contributed by atoms with Gasteiger partial charge in [-0.3, -0.25) is 4.52 Å². The zero-order valence-corrected chi connectivity index (χ0v) is 5.54. The summed E-state index contributed by atoms with van der Waals surface area (Å²) in [5.74, 6) is 4.42. The van der Waals surface area contributed by atoms with Crippen molar-refractivity contribution in [3.63, 3.8) is 0 Å². The van der Waals surface area contributed by atoms with Crippen LogP contribution in [0.1, 0.15) is 14.6 Å². The second-order valence-corrected chi connectivity index (χ2v) is 2.19. The standard InChI is InChI=1S/C3H10NO5P/c4-8-2-1-3-9-10(5,6)7/h1-4H2,(H2,5,6,7)/i1D2,2D2,3D2. The van der Waals surface area contributed by atoms with Gasteiger partial charge < -0.3 is 14.6 Å². The van der Waals surface area contributed by atoms with Gasteiger partial charge >= 0.3 is 7.82 Å². The molecule has 0 aromatic rings. The topological polar surface area (TPSA) is 102 Å². The average molecular weight is 177 g/mol. The predicted molar refractivity (Wildman–Crippen MR) is 32.8 cm³/mol. The van der Waals surface area contributed by atoms with Crippen LogP contribution in [0.25, 0.3) is 0 Å². The SMILES string of the molecule is [2H]C([2H])(ON)C([2H])([2H])C([2H])([2H])OP(=O)(O)O. The van der Waals surface area contributed by atoms with Crippen molar-refractivity contribution >= 4 is 7.82 Å². The Bertz CT molecular complexity index is 303.